The summed E-state index contributed by atoms with van der Waals surface area (Å²) in [6.45, 7) is 2.62. The van der Waals surface area contributed by atoms with Gasteiger partial charge >= 0.3 is 5.97 Å². The SMILES string of the molecule is CCCCOc1c(Cl)cc(/C=C(\C(=O)O)c2ccccc2)cc1OC. The van der Waals surface area contributed by atoms with E-state index in [2.05, 4.69) is 6.92 Å². The van der Waals surface area contributed by atoms with Crippen molar-refractivity contribution in [2.24, 2.45) is 0 Å². The van der Waals surface area contributed by atoms with Crippen molar-refractivity contribution in [2.75, 3.05) is 13.7 Å². The number of hydrogen-bond acceptors (Lipinski definition) is 3. The van der Waals surface area contributed by atoms with E-state index in [1.807, 2.05) is 6.07 Å². The van der Waals surface area contributed by atoms with E-state index >= 15 is 0 Å². The summed E-state index contributed by atoms with van der Waals surface area (Å²) in [5.41, 5.74) is 1.43. The van der Waals surface area contributed by atoms with Crippen LogP contribution in [0.15, 0.2) is 42.5 Å². The number of carbonyl (C=O) groups is 1. The van der Waals surface area contributed by atoms with E-state index in [9.17, 15) is 9.90 Å². The highest BCUT2D eigenvalue weighted by molar-refractivity contribution is 6.32. The molecule has 0 aliphatic heterocycles. The summed E-state index contributed by atoms with van der Waals surface area (Å²) in [6.07, 6.45) is 3.50. The van der Waals surface area contributed by atoms with Gasteiger partial charge in [-0.15, -0.1) is 0 Å². The maximum atomic E-state index is 11.6. The van der Waals surface area contributed by atoms with Crippen LogP contribution in [-0.2, 0) is 4.79 Å². The zero-order chi connectivity index (χ0) is 18.2. The molecule has 0 aliphatic rings. The van der Waals surface area contributed by atoms with Gasteiger partial charge in [-0.05, 0) is 35.8 Å². The fraction of sp³-hybridized carbons (Fsp3) is 0.250. The Morgan fingerprint density at radius 2 is 1.96 bits per heavy atom. The first-order chi connectivity index (χ1) is 12.1. The monoisotopic (exact) mass is 360 g/mol. The van der Waals surface area contributed by atoms with Crippen LogP contribution in [-0.4, -0.2) is 24.8 Å². The van der Waals surface area contributed by atoms with E-state index in [1.165, 1.54) is 7.11 Å². The summed E-state index contributed by atoms with van der Waals surface area (Å²) >= 11 is 6.32. The zero-order valence-corrected chi connectivity index (χ0v) is 15.0. The highest BCUT2D eigenvalue weighted by Gasteiger charge is 2.14. The average molecular weight is 361 g/mol. The van der Waals surface area contributed by atoms with E-state index in [1.54, 1.807) is 42.5 Å². The Morgan fingerprint density at radius 1 is 1.24 bits per heavy atom. The Morgan fingerprint density at radius 3 is 2.56 bits per heavy atom. The third-order valence-corrected chi connectivity index (χ3v) is 3.90. The number of carboxylic acids is 1. The largest absolute Gasteiger partial charge is 0.493 e. The van der Waals surface area contributed by atoms with Crippen molar-refractivity contribution in [2.45, 2.75) is 19.8 Å². The van der Waals surface area contributed by atoms with Crippen molar-refractivity contribution in [1.29, 1.82) is 0 Å². The molecule has 4 nitrogen and oxygen atoms in total. The van der Waals surface area contributed by atoms with Crippen LogP contribution < -0.4 is 9.47 Å². The molecule has 0 radical (unpaired) electrons. The molecule has 25 heavy (non-hydrogen) atoms. The number of aliphatic carboxylic acids is 1. The van der Waals surface area contributed by atoms with Gasteiger partial charge in [0.2, 0.25) is 0 Å². The third-order valence-electron chi connectivity index (χ3n) is 3.62. The lowest BCUT2D eigenvalue weighted by molar-refractivity contribution is -0.130. The summed E-state index contributed by atoms with van der Waals surface area (Å²) in [4.78, 5) is 11.6. The molecule has 0 aromatic heterocycles. The summed E-state index contributed by atoms with van der Waals surface area (Å²) in [5.74, 6) is -0.0523. The Kier molecular flexibility index (Phi) is 6.90. The Balaban J connectivity index is 2.41. The number of halogens is 1. The summed E-state index contributed by atoms with van der Waals surface area (Å²) in [7, 11) is 1.53. The molecule has 0 amide bonds. The third kappa shape index (κ3) is 5.00. The first-order valence-electron chi connectivity index (χ1n) is 8.07. The molecule has 0 spiro atoms. The number of unbranched alkanes of at least 4 members (excludes halogenated alkanes) is 1. The number of carboxylic acid groups (broad SMARTS) is 1. The quantitative estimate of drug-likeness (QED) is 0.401. The predicted molar refractivity (Wildman–Crippen MR) is 100 cm³/mol. The molecule has 2 aromatic carbocycles. The topological polar surface area (TPSA) is 55.8 Å². The van der Waals surface area contributed by atoms with Crippen molar-refractivity contribution in [3.05, 3.63) is 58.6 Å². The van der Waals surface area contributed by atoms with E-state index in [0.29, 0.717) is 34.3 Å². The van der Waals surface area contributed by atoms with Crippen molar-refractivity contribution >= 4 is 29.2 Å². The van der Waals surface area contributed by atoms with Crippen LogP contribution in [0.3, 0.4) is 0 Å². The number of rotatable bonds is 8. The average Bonchev–Trinajstić information content (AvgIpc) is 2.61. The smallest absolute Gasteiger partial charge is 0.336 e. The second kappa shape index (κ2) is 9.14. The van der Waals surface area contributed by atoms with Gasteiger partial charge in [-0.3, -0.25) is 0 Å². The molecular formula is C20H21ClO4. The number of ether oxygens (including phenoxy) is 2. The predicted octanol–water partition coefficient (Wildman–Crippen LogP) is 5.15. The Bertz CT molecular complexity index is 754. The Labute approximate surface area is 152 Å². The highest BCUT2D eigenvalue weighted by atomic mass is 35.5. The first-order valence-corrected chi connectivity index (χ1v) is 8.45. The van der Waals surface area contributed by atoms with Crippen LogP contribution in [0.2, 0.25) is 5.02 Å². The second-order valence-electron chi connectivity index (χ2n) is 5.47. The van der Waals surface area contributed by atoms with Crippen LogP contribution >= 0.6 is 11.6 Å². The van der Waals surface area contributed by atoms with Crippen molar-refractivity contribution in [3.8, 4) is 11.5 Å². The number of benzene rings is 2. The van der Waals surface area contributed by atoms with Gasteiger partial charge in [-0.2, -0.15) is 0 Å². The van der Waals surface area contributed by atoms with E-state index in [0.717, 1.165) is 12.8 Å². The molecule has 0 saturated carbocycles. The molecule has 2 aromatic rings. The molecule has 0 atom stereocenters. The maximum Gasteiger partial charge on any atom is 0.336 e. The lowest BCUT2D eigenvalue weighted by atomic mass is 10.0. The minimum Gasteiger partial charge on any atom is -0.493 e. The minimum absolute atomic E-state index is 0.179. The standard InChI is InChI=1S/C20H21ClO4/c1-3-4-10-25-19-17(21)12-14(13-18(19)24-2)11-16(20(22)23)15-8-6-5-7-9-15/h5-9,11-13H,3-4,10H2,1-2H3,(H,22,23)/b16-11-. The zero-order valence-electron chi connectivity index (χ0n) is 14.3. The van der Waals surface area contributed by atoms with Crippen LogP contribution in [0.4, 0.5) is 0 Å². The van der Waals surface area contributed by atoms with Crippen LogP contribution in [0, 0.1) is 0 Å². The molecule has 0 bridgehead atoms. The Hall–Kier alpha value is -2.46. The second-order valence-corrected chi connectivity index (χ2v) is 5.87. The number of hydrogen-bond donors (Lipinski definition) is 1. The maximum absolute atomic E-state index is 11.6. The normalized spacial score (nSPS) is 11.2. The first kappa shape index (κ1) is 18.9. The fourth-order valence-corrected chi connectivity index (χ4v) is 2.61. The van der Waals surface area contributed by atoms with E-state index in [4.69, 9.17) is 21.1 Å². The van der Waals surface area contributed by atoms with Crippen LogP contribution in [0.1, 0.15) is 30.9 Å². The molecule has 2 rings (SSSR count). The van der Waals surface area contributed by atoms with Gasteiger partial charge in [0, 0.05) is 0 Å². The van der Waals surface area contributed by atoms with Crippen molar-refractivity contribution < 1.29 is 19.4 Å². The fourth-order valence-electron chi connectivity index (χ4n) is 2.33. The van der Waals surface area contributed by atoms with Gasteiger partial charge < -0.3 is 14.6 Å². The molecule has 5 heteroatoms. The lowest BCUT2D eigenvalue weighted by Crippen LogP contribution is -2.01. The van der Waals surface area contributed by atoms with Crippen LogP contribution in [0.25, 0.3) is 11.6 Å². The molecule has 132 valence electrons. The van der Waals surface area contributed by atoms with Gasteiger partial charge in [0.25, 0.3) is 0 Å². The van der Waals surface area contributed by atoms with Crippen molar-refractivity contribution in [1.82, 2.24) is 0 Å². The van der Waals surface area contributed by atoms with Gasteiger partial charge in [0.05, 0.1) is 24.3 Å². The number of methoxy groups -OCH3 is 1. The molecule has 0 saturated heterocycles. The molecular weight excluding hydrogens is 340 g/mol. The summed E-state index contributed by atoms with van der Waals surface area (Å²) in [6, 6.07) is 12.3. The van der Waals surface area contributed by atoms with Gasteiger partial charge in [-0.25, -0.2) is 4.79 Å². The molecule has 0 unspecified atom stereocenters. The minimum atomic E-state index is -1.01. The van der Waals surface area contributed by atoms with E-state index in [-0.39, 0.29) is 5.57 Å². The molecule has 0 aliphatic carbocycles. The summed E-state index contributed by atoms with van der Waals surface area (Å²) < 4.78 is 11.1. The van der Waals surface area contributed by atoms with Crippen LogP contribution in [0.5, 0.6) is 11.5 Å². The van der Waals surface area contributed by atoms with Crippen molar-refractivity contribution in [3.63, 3.8) is 0 Å². The van der Waals surface area contributed by atoms with Gasteiger partial charge in [0.15, 0.2) is 11.5 Å². The lowest BCUT2D eigenvalue weighted by Gasteiger charge is -2.13. The summed E-state index contributed by atoms with van der Waals surface area (Å²) in [5, 5.41) is 9.91. The van der Waals surface area contributed by atoms with E-state index < -0.39 is 5.97 Å². The van der Waals surface area contributed by atoms with Gasteiger partial charge in [0.1, 0.15) is 0 Å². The molecule has 1 N–H and O–H groups in total. The molecule has 0 heterocycles. The highest BCUT2D eigenvalue weighted by Crippen LogP contribution is 2.37. The van der Waals surface area contributed by atoms with Gasteiger partial charge in [-0.1, -0.05) is 55.3 Å². The molecule has 0 fully saturated rings.